The van der Waals surface area contributed by atoms with Crippen molar-refractivity contribution in [3.8, 4) is 0 Å². The molecule has 0 spiro atoms. The highest BCUT2D eigenvalue weighted by Crippen LogP contribution is 2.12. The van der Waals surface area contributed by atoms with Crippen molar-refractivity contribution >= 4 is 11.5 Å². The third-order valence-electron chi connectivity index (χ3n) is 1.60. The van der Waals surface area contributed by atoms with E-state index in [9.17, 15) is 0 Å². The molecule has 0 bridgehead atoms. The number of aromatic amines is 1. The van der Waals surface area contributed by atoms with E-state index in [4.69, 9.17) is 5.73 Å². The molecular formula is C6H9N5. The lowest BCUT2D eigenvalue weighted by molar-refractivity contribution is 1.02. The molecule has 0 saturated carbocycles. The molecule has 4 N–H and O–H groups in total. The largest absolute Gasteiger partial charge is 0.382 e. The van der Waals surface area contributed by atoms with Gasteiger partial charge in [0.05, 0.1) is 18.4 Å². The summed E-state index contributed by atoms with van der Waals surface area (Å²) in [5.74, 6) is 0.530. The maximum absolute atomic E-state index is 5.63. The number of nitrogens with one attached hydrogen (secondary N) is 2. The monoisotopic (exact) mass is 151 g/mol. The maximum Gasteiger partial charge on any atom is 0.146 e. The Morgan fingerprint density at radius 2 is 2.45 bits per heavy atom. The van der Waals surface area contributed by atoms with Crippen molar-refractivity contribution < 1.29 is 0 Å². The molecule has 58 valence electrons. The highest BCUT2D eigenvalue weighted by Gasteiger charge is 2.10. The molecule has 1 aliphatic heterocycles. The summed E-state index contributed by atoms with van der Waals surface area (Å²) < 4.78 is 0. The molecule has 0 aromatic carbocycles. The third-order valence-corrected chi connectivity index (χ3v) is 1.60. The molecule has 2 rings (SSSR count). The minimum absolute atomic E-state index is 0.530. The fourth-order valence-corrected chi connectivity index (χ4v) is 1.06. The summed E-state index contributed by atoms with van der Waals surface area (Å²) in [6.45, 7) is 1.53. The fourth-order valence-electron chi connectivity index (χ4n) is 1.06. The molecule has 1 aliphatic rings. The van der Waals surface area contributed by atoms with Crippen LogP contribution in [0, 0.1) is 0 Å². The Labute approximate surface area is 63.7 Å². The average Bonchev–Trinajstić information content (AvgIpc) is 2.40. The first-order chi connectivity index (χ1) is 5.38. The van der Waals surface area contributed by atoms with Gasteiger partial charge in [-0.2, -0.15) is 5.10 Å². The van der Waals surface area contributed by atoms with Gasteiger partial charge in [0.2, 0.25) is 0 Å². The lowest BCUT2D eigenvalue weighted by atomic mass is 10.3. The van der Waals surface area contributed by atoms with Crippen LogP contribution in [-0.2, 0) is 0 Å². The molecule has 0 unspecified atom stereocenters. The topological polar surface area (TPSA) is 79.1 Å². The lowest BCUT2D eigenvalue weighted by Gasteiger charge is -1.97. The van der Waals surface area contributed by atoms with E-state index < -0.39 is 0 Å². The summed E-state index contributed by atoms with van der Waals surface area (Å²) in [5.41, 5.74) is 7.36. The third kappa shape index (κ3) is 0.938. The Balaban J connectivity index is 2.48. The first-order valence-electron chi connectivity index (χ1n) is 3.45. The number of rotatable bonds is 0. The second-order valence-corrected chi connectivity index (χ2v) is 2.35. The molecule has 5 nitrogen and oxygen atoms in total. The van der Waals surface area contributed by atoms with E-state index in [0.29, 0.717) is 12.4 Å². The van der Waals surface area contributed by atoms with Gasteiger partial charge in [-0.25, -0.2) is 0 Å². The van der Waals surface area contributed by atoms with E-state index in [1.807, 2.05) is 0 Å². The molecule has 0 amide bonds. The Morgan fingerprint density at radius 3 is 3.36 bits per heavy atom. The maximum atomic E-state index is 5.63. The molecule has 2 heterocycles. The number of hydrogen-bond acceptors (Lipinski definition) is 4. The highest BCUT2D eigenvalue weighted by molar-refractivity contribution is 6.00. The van der Waals surface area contributed by atoms with Gasteiger partial charge in [0.1, 0.15) is 11.5 Å². The Kier molecular flexibility index (Phi) is 1.28. The van der Waals surface area contributed by atoms with Gasteiger partial charge in [0.25, 0.3) is 0 Å². The number of hydrogen-bond donors (Lipinski definition) is 3. The number of H-pyrrole nitrogens is 1. The molecule has 0 fully saturated rings. The van der Waals surface area contributed by atoms with Crippen molar-refractivity contribution in [1.29, 1.82) is 0 Å². The minimum Gasteiger partial charge on any atom is -0.382 e. The van der Waals surface area contributed by atoms with Crippen LogP contribution in [0.5, 0.6) is 0 Å². The summed E-state index contributed by atoms with van der Waals surface area (Å²) in [6.07, 6.45) is 1.71. The predicted octanol–water partition coefficient (Wildman–Crippen LogP) is -0.459. The van der Waals surface area contributed by atoms with Crippen LogP contribution in [0.15, 0.2) is 11.2 Å². The van der Waals surface area contributed by atoms with Gasteiger partial charge in [-0.05, 0) is 0 Å². The van der Waals surface area contributed by atoms with E-state index in [-0.39, 0.29) is 0 Å². The number of anilines is 1. The van der Waals surface area contributed by atoms with E-state index >= 15 is 0 Å². The van der Waals surface area contributed by atoms with E-state index in [2.05, 4.69) is 20.5 Å². The molecule has 1 aromatic rings. The quantitative estimate of drug-likeness (QED) is 0.469. The van der Waals surface area contributed by atoms with Crippen LogP contribution in [0.1, 0.15) is 5.69 Å². The van der Waals surface area contributed by atoms with Crippen molar-refractivity contribution in [2.45, 2.75) is 0 Å². The van der Waals surface area contributed by atoms with Crippen LogP contribution in [-0.4, -0.2) is 29.1 Å². The fraction of sp³-hybridized carbons (Fsp3) is 0.333. The predicted molar refractivity (Wildman–Crippen MR) is 42.7 cm³/mol. The van der Waals surface area contributed by atoms with Gasteiger partial charge in [-0.3, -0.25) is 10.1 Å². The van der Waals surface area contributed by atoms with Crippen LogP contribution in [0.4, 0.5) is 5.69 Å². The second kappa shape index (κ2) is 2.26. The molecule has 0 aliphatic carbocycles. The molecular weight excluding hydrogens is 142 g/mol. The molecule has 0 saturated heterocycles. The Morgan fingerprint density at radius 1 is 1.55 bits per heavy atom. The van der Waals surface area contributed by atoms with Gasteiger partial charge >= 0.3 is 0 Å². The number of aromatic nitrogens is 2. The van der Waals surface area contributed by atoms with Gasteiger partial charge in [0, 0.05) is 6.54 Å². The standard InChI is InChI=1S/C6H9N5/c7-6-5-4(3-10-11-5)8-1-2-9-6/h3,8H,1-2H2,(H2,7,9)(H,10,11). The first kappa shape index (κ1) is 6.21. The number of nitrogens with zero attached hydrogens (tertiary/aromatic N) is 2. The SMILES string of the molecule is NC1=NCCNc2cn[nH]c21. The first-order valence-corrected chi connectivity index (χ1v) is 3.45. The summed E-state index contributed by atoms with van der Waals surface area (Å²) in [4.78, 5) is 4.10. The smallest absolute Gasteiger partial charge is 0.146 e. The molecule has 1 aromatic heterocycles. The van der Waals surface area contributed by atoms with Crippen molar-refractivity contribution in [3.05, 3.63) is 11.9 Å². The number of nitrogens with two attached hydrogens (primary N) is 1. The van der Waals surface area contributed by atoms with Gasteiger partial charge in [0.15, 0.2) is 0 Å². The van der Waals surface area contributed by atoms with E-state index in [1.165, 1.54) is 0 Å². The molecule has 0 atom stereocenters. The molecule has 0 radical (unpaired) electrons. The summed E-state index contributed by atoms with van der Waals surface area (Å²) in [5, 5.41) is 9.77. The van der Waals surface area contributed by atoms with E-state index in [0.717, 1.165) is 17.9 Å². The summed E-state index contributed by atoms with van der Waals surface area (Å²) in [7, 11) is 0. The van der Waals surface area contributed by atoms with Crippen LogP contribution in [0.2, 0.25) is 0 Å². The van der Waals surface area contributed by atoms with Gasteiger partial charge in [-0.1, -0.05) is 0 Å². The second-order valence-electron chi connectivity index (χ2n) is 2.35. The van der Waals surface area contributed by atoms with Crippen LogP contribution >= 0.6 is 0 Å². The lowest BCUT2D eigenvalue weighted by Crippen LogP contribution is -2.13. The number of amidine groups is 1. The van der Waals surface area contributed by atoms with Crippen molar-refractivity contribution in [1.82, 2.24) is 10.2 Å². The van der Waals surface area contributed by atoms with Crippen molar-refractivity contribution in [2.75, 3.05) is 18.4 Å². The minimum atomic E-state index is 0.530. The van der Waals surface area contributed by atoms with Crippen LogP contribution in [0.3, 0.4) is 0 Å². The zero-order valence-electron chi connectivity index (χ0n) is 5.96. The normalized spacial score (nSPS) is 16.2. The van der Waals surface area contributed by atoms with Gasteiger partial charge < -0.3 is 11.1 Å². The Bertz CT molecular complexity index is 287. The highest BCUT2D eigenvalue weighted by atomic mass is 15.2. The number of aliphatic imine (C=N–C) groups is 1. The van der Waals surface area contributed by atoms with Gasteiger partial charge in [-0.15, -0.1) is 0 Å². The van der Waals surface area contributed by atoms with Crippen molar-refractivity contribution in [2.24, 2.45) is 10.7 Å². The average molecular weight is 151 g/mol. The zero-order chi connectivity index (χ0) is 7.68. The van der Waals surface area contributed by atoms with Crippen LogP contribution in [0.25, 0.3) is 0 Å². The summed E-state index contributed by atoms with van der Waals surface area (Å²) >= 11 is 0. The zero-order valence-corrected chi connectivity index (χ0v) is 5.96. The number of fused-ring (bicyclic) bond motifs is 1. The van der Waals surface area contributed by atoms with E-state index in [1.54, 1.807) is 6.20 Å². The van der Waals surface area contributed by atoms with Crippen LogP contribution < -0.4 is 11.1 Å². The Hall–Kier alpha value is -1.52. The summed E-state index contributed by atoms with van der Waals surface area (Å²) in [6, 6.07) is 0. The molecule has 11 heavy (non-hydrogen) atoms. The van der Waals surface area contributed by atoms with Crippen molar-refractivity contribution in [3.63, 3.8) is 0 Å². The molecule has 5 heteroatoms.